The quantitative estimate of drug-likeness (QED) is 0.747. The summed E-state index contributed by atoms with van der Waals surface area (Å²) in [6.07, 6.45) is 0.829. The zero-order valence-corrected chi connectivity index (χ0v) is 17.0. The van der Waals surface area contributed by atoms with Crippen LogP contribution in [0, 0.1) is 11.7 Å². The van der Waals surface area contributed by atoms with Gasteiger partial charge in [-0.15, -0.1) is 0 Å². The summed E-state index contributed by atoms with van der Waals surface area (Å²) in [7, 11) is -3.42. The fraction of sp³-hybridized carbons (Fsp3) is 0.316. The molecule has 1 saturated heterocycles. The molecule has 0 aromatic heterocycles. The average Bonchev–Trinajstić information content (AvgIpc) is 2.64. The summed E-state index contributed by atoms with van der Waals surface area (Å²) in [4.78, 5) is 12.4. The molecule has 0 atom stereocenters. The molecule has 5 nitrogen and oxygen atoms in total. The van der Waals surface area contributed by atoms with Gasteiger partial charge in [0.15, 0.2) is 0 Å². The lowest BCUT2D eigenvalue weighted by molar-refractivity contribution is -0.120. The first-order valence-corrected chi connectivity index (χ1v) is 11.0. The first kappa shape index (κ1) is 20.0. The molecule has 0 bridgehead atoms. The minimum absolute atomic E-state index is 0.0468. The Bertz CT molecular complexity index is 914. The second kappa shape index (κ2) is 8.50. The summed E-state index contributed by atoms with van der Waals surface area (Å²) in [6.45, 7) is 0.576. The Kier molecular flexibility index (Phi) is 6.29. The van der Waals surface area contributed by atoms with Gasteiger partial charge in [-0.05, 0) is 36.6 Å². The normalized spacial score (nSPS) is 16.2. The van der Waals surface area contributed by atoms with Crippen LogP contribution in [0.4, 0.5) is 10.1 Å². The van der Waals surface area contributed by atoms with Crippen molar-refractivity contribution in [3.63, 3.8) is 0 Å². The van der Waals surface area contributed by atoms with Crippen molar-refractivity contribution in [1.82, 2.24) is 4.31 Å². The molecule has 0 aliphatic carbocycles. The van der Waals surface area contributed by atoms with Gasteiger partial charge in [0.05, 0.1) is 11.4 Å². The number of piperidine rings is 1. The predicted molar refractivity (Wildman–Crippen MR) is 106 cm³/mol. The molecule has 27 heavy (non-hydrogen) atoms. The molecule has 2 aromatic rings. The van der Waals surface area contributed by atoms with Crippen LogP contribution in [0.1, 0.15) is 18.4 Å². The highest BCUT2D eigenvalue weighted by Crippen LogP contribution is 2.25. The summed E-state index contributed by atoms with van der Waals surface area (Å²) < 4.78 is 41.0. The summed E-state index contributed by atoms with van der Waals surface area (Å²) >= 11 is 3.17. The van der Waals surface area contributed by atoms with Crippen molar-refractivity contribution in [3.8, 4) is 0 Å². The van der Waals surface area contributed by atoms with Crippen LogP contribution in [0.25, 0.3) is 0 Å². The van der Waals surface area contributed by atoms with Crippen molar-refractivity contribution in [1.29, 1.82) is 0 Å². The van der Waals surface area contributed by atoms with Crippen LogP contribution in [-0.2, 0) is 20.6 Å². The number of carbonyl (C=O) groups excluding carboxylic acids is 1. The minimum atomic E-state index is -3.42. The standard InChI is InChI=1S/C19H20BrFN2O3S/c20-16-6-7-18(17(21)12-16)22-19(24)15-8-10-23(11-9-15)27(25,26)13-14-4-2-1-3-5-14/h1-7,12,15H,8-11,13H2,(H,22,24). The number of hydrogen-bond acceptors (Lipinski definition) is 3. The molecule has 1 N–H and O–H groups in total. The molecule has 1 amide bonds. The average molecular weight is 455 g/mol. The Labute approximate surface area is 166 Å². The first-order valence-electron chi connectivity index (χ1n) is 8.63. The summed E-state index contributed by atoms with van der Waals surface area (Å²) in [6, 6.07) is 13.5. The van der Waals surface area contributed by atoms with Crippen molar-refractivity contribution < 1.29 is 17.6 Å². The molecule has 8 heteroatoms. The van der Waals surface area contributed by atoms with Gasteiger partial charge in [0.25, 0.3) is 0 Å². The van der Waals surface area contributed by atoms with Gasteiger partial charge in [0, 0.05) is 23.5 Å². The Morgan fingerprint density at radius 1 is 1.15 bits per heavy atom. The van der Waals surface area contributed by atoms with E-state index in [1.165, 1.54) is 16.4 Å². The van der Waals surface area contributed by atoms with E-state index in [9.17, 15) is 17.6 Å². The third-order valence-electron chi connectivity index (χ3n) is 4.60. The van der Waals surface area contributed by atoms with Crippen molar-refractivity contribution in [2.24, 2.45) is 5.92 Å². The number of benzene rings is 2. The van der Waals surface area contributed by atoms with Gasteiger partial charge in [-0.2, -0.15) is 0 Å². The van der Waals surface area contributed by atoms with Gasteiger partial charge in [-0.3, -0.25) is 4.79 Å². The van der Waals surface area contributed by atoms with Crippen molar-refractivity contribution in [3.05, 3.63) is 64.4 Å². The maximum atomic E-state index is 13.9. The molecule has 0 unspecified atom stereocenters. The van der Waals surface area contributed by atoms with Gasteiger partial charge in [0.1, 0.15) is 5.82 Å². The number of amides is 1. The molecular weight excluding hydrogens is 435 g/mol. The van der Waals surface area contributed by atoms with Crippen LogP contribution in [-0.4, -0.2) is 31.7 Å². The number of nitrogens with one attached hydrogen (secondary N) is 1. The maximum Gasteiger partial charge on any atom is 0.227 e. The fourth-order valence-corrected chi connectivity index (χ4v) is 4.99. The molecule has 1 fully saturated rings. The summed E-state index contributed by atoms with van der Waals surface area (Å²) in [5.74, 6) is -1.18. The molecule has 1 heterocycles. The zero-order valence-electron chi connectivity index (χ0n) is 14.6. The number of hydrogen-bond donors (Lipinski definition) is 1. The number of rotatable bonds is 5. The van der Waals surface area contributed by atoms with E-state index in [-0.39, 0.29) is 36.4 Å². The Morgan fingerprint density at radius 2 is 1.81 bits per heavy atom. The second-order valence-corrected chi connectivity index (χ2v) is 9.41. The third-order valence-corrected chi connectivity index (χ3v) is 6.94. The van der Waals surface area contributed by atoms with E-state index < -0.39 is 15.8 Å². The maximum absolute atomic E-state index is 13.9. The van der Waals surface area contributed by atoms with Crippen molar-refractivity contribution in [2.75, 3.05) is 18.4 Å². The van der Waals surface area contributed by atoms with E-state index in [2.05, 4.69) is 21.2 Å². The van der Waals surface area contributed by atoms with Gasteiger partial charge >= 0.3 is 0 Å². The van der Waals surface area contributed by atoms with E-state index in [4.69, 9.17) is 0 Å². The molecule has 2 aromatic carbocycles. The third kappa shape index (κ3) is 5.15. The van der Waals surface area contributed by atoms with Crippen LogP contribution in [0.2, 0.25) is 0 Å². The van der Waals surface area contributed by atoms with E-state index in [1.54, 1.807) is 18.2 Å². The fourth-order valence-electron chi connectivity index (χ4n) is 3.10. The lowest BCUT2D eigenvalue weighted by atomic mass is 9.97. The van der Waals surface area contributed by atoms with E-state index in [1.807, 2.05) is 18.2 Å². The predicted octanol–water partition coefficient (Wildman–Crippen LogP) is 3.77. The summed E-state index contributed by atoms with van der Waals surface area (Å²) in [5.41, 5.74) is 0.866. The van der Waals surface area contributed by atoms with Crippen molar-refractivity contribution in [2.45, 2.75) is 18.6 Å². The number of halogens is 2. The largest absolute Gasteiger partial charge is 0.323 e. The molecule has 3 rings (SSSR count). The monoisotopic (exact) mass is 454 g/mol. The number of sulfonamides is 1. The Hall–Kier alpha value is -1.77. The summed E-state index contributed by atoms with van der Waals surface area (Å²) in [5, 5.41) is 2.60. The molecule has 1 aliphatic heterocycles. The first-order chi connectivity index (χ1) is 12.8. The van der Waals surface area contributed by atoms with E-state index in [0.29, 0.717) is 17.3 Å². The van der Waals surface area contributed by atoms with Gasteiger partial charge in [-0.25, -0.2) is 17.1 Å². The second-order valence-electron chi connectivity index (χ2n) is 6.53. The molecular formula is C19H20BrFN2O3S. The smallest absolute Gasteiger partial charge is 0.227 e. The van der Waals surface area contributed by atoms with Gasteiger partial charge < -0.3 is 5.32 Å². The molecule has 0 radical (unpaired) electrons. The van der Waals surface area contributed by atoms with Crippen LogP contribution in [0.3, 0.4) is 0 Å². The SMILES string of the molecule is O=C(Nc1ccc(Br)cc1F)C1CCN(S(=O)(=O)Cc2ccccc2)CC1. The zero-order chi connectivity index (χ0) is 19.4. The lowest BCUT2D eigenvalue weighted by Crippen LogP contribution is -2.41. The van der Waals surface area contributed by atoms with Crippen LogP contribution >= 0.6 is 15.9 Å². The Morgan fingerprint density at radius 3 is 2.44 bits per heavy atom. The van der Waals surface area contributed by atoms with Crippen molar-refractivity contribution >= 4 is 37.5 Å². The highest BCUT2D eigenvalue weighted by molar-refractivity contribution is 9.10. The molecule has 1 aliphatic rings. The van der Waals surface area contributed by atoms with E-state index in [0.717, 1.165) is 5.56 Å². The highest BCUT2D eigenvalue weighted by Gasteiger charge is 2.31. The van der Waals surface area contributed by atoms with E-state index >= 15 is 0 Å². The molecule has 144 valence electrons. The number of anilines is 1. The number of nitrogens with zero attached hydrogens (tertiary/aromatic N) is 1. The Balaban J connectivity index is 1.57. The van der Waals surface area contributed by atoms with Crippen LogP contribution in [0.15, 0.2) is 53.0 Å². The van der Waals surface area contributed by atoms with Gasteiger partial charge in [-0.1, -0.05) is 46.3 Å². The highest BCUT2D eigenvalue weighted by atomic mass is 79.9. The number of carbonyl (C=O) groups is 1. The lowest BCUT2D eigenvalue weighted by Gasteiger charge is -2.30. The minimum Gasteiger partial charge on any atom is -0.323 e. The molecule has 0 saturated carbocycles. The van der Waals surface area contributed by atoms with Crippen LogP contribution in [0.5, 0.6) is 0 Å². The van der Waals surface area contributed by atoms with Crippen LogP contribution < -0.4 is 5.32 Å². The van der Waals surface area contributed by atoms with Gasteiger partial charge in [0.2, 0.25) is 15.9 Å². The molecule has 0 spiro atoms. The topological polar surface area (TPSA) is 66.5 Å².